The minimum absolute atomic E-state index is 0.0823. The number of allylic oxidation sites excluding steroid dienone is 1. The molecule has 2 aromatic rings. The van der Waals surface area contributed by atoms with Gasteiger partial charge in [-0.15, -0.1) is 0 Å². The molecule has 1 N–H and O–H groups in total. The molecule has 0 saturated carbocycles. The first-order valence-electron chi connectivity index (χ1n) is 9.07. The quantitative estimate of drug-likeness (QED) is 0.413. The van der Waals surface area contributed by atoms with Crippen LogP contribution in [0.5, 0.6) is 11.5 Å². The molecule has 1 atom stereocenters. The third-order valence-electron chi connectivity index (χ3n) is 4.64. The second-order valence-corrected chi connectivity index (χ2v) is 6.63. The predicted octanol–water partition coefficient (Wildman–Crippen LogP) is 2.27. The van der Waals surface area contributed by atoms with E-state index < -0.39 is 5.97 Å². The number of methoxy groups -OCH3 is 3. The van der Waals surface area contributed by atoms with E-state index >= 15 is 0 Å². The third kappa shape index (κ3) is 4.53. The van der Waals surface area contributed by atoms with Gasteiger partial charge in [0, 0.05) is 24.3 Å². The monoisotopic (exact) mass is 400 g/mol. The van der Waals surface area contributed by atoms with Crippen molar-refractivity contribution in [3.05, 3.63) is 53.6 Å². The molecule has 1 aromatic carbocycles. The average molecular weight is 400 g/mol. The molecular formula is C21H24N2O6. The first kappa shape index (κ1) is 20.3. The van der Waals surface area contributed by atoms with Crippen LogP contribution >= 0.6 is 0 Å². The summed E-state index contributed by atoms with van der Waals surface area (Å²) in [5.41, 5.74) is 2.29. The van der Waals surface area contributed by atoms with E-state index in [-0.39, 0.29) is 11.9 Å². The molecule has 0 radical (unpaired) electrons. The van der Waals surface area contributed by atoms with Crippen molar-refractivity contribution in [2.75, 3.05) is 32.8 Å². The summed E-state index contributed by atoms with van der Waals surface area (Å²) in [6, 6.07) is 7.15. The van der Waals surface area contributed by atoms with Crippen LogP contribution in [0.4, 0.5) is 5.69 Å². The molecule has 1 aliphatic rings. The van der Waals surface area contributed by atoms with E-state index in [0.29, 0.717) is 35.8 Å². The molecule has 0 aliphatic carbocycles. The van der Waals surface area contributed by atoms with Gasteiger partial charge in [0.25, 0.3) is 5.91 Å². The largest absolute Gasteiger partial charge is 0.493 e. The van der Waals surface area contributed by atoms with Crippen LogP contribution in [0, 0.1) is 0 Å². The normalized spacial score (nSPS) is 16.3. The van der Waals surface area contributed by atoms with Gasteiger partial charge in [0.15, 0.2) is 11.5 Å². The van der Waals surface area contributed by atoms with Gasteiger partial charge in [0.05, 0.1) is 33.6 Å². The minimum atomic E-state index is -0.465. The fourth-order valence-corrected chi connectivity index (χ4v) is 3.11. The van der Waals surface area contributed by atoms with Gasteiger partial charge in [-0.25, -0.2) is 4.79 Å². The maximum atomic E-state index is 12.4. The summed E-state index contributed by atoms with van der Waals surface area (Å²) in [6.45, 7) is 2.20. The summed E-state index contributed by atoms with van der Waals surface area (Å²) in [4.78, 5) is 25.3. The second-order valence-electron chi connectivity index (χ2n) is 6.63. The van der Waals surface area contributed by atoms with Gasteiger partial charge >= 0.3 is 5.97 Å². The summed E-state index contributed by atoms with van der Waals surface area (Å²) in [7, 11) is 4.49. The van der Waals surface area contributed by atoms with Crippen LogP contribution in [0.15, 0.2) is 46.7 Å². The van der Waals surface area contributed by atoms with E-state index in [1.807, 2.05) is 24.3 Å². The van der Waals surface area contributed by atoms with Gasteiger partial charge in [-0.3, -0.25) is 4.79 Å². The molecule has 29 heavy (non-hydrogen) atoms. The molecular weight excluding hydrogens is 376 g/mol. The molecule has 0 spiro atoms. The molecule has 154 valence electrons. The highest BCUT2D eigenvalue weighted by atomic mass is 16.5. The predicted molar refractivity (Wildman–Crippen MR) is 106 cm³/mol. The van der Waals surface area contributed by atoms with Crippen LogP contribution in [-0.4, -0.2) is 45.8 Å². The standard InChI is InChI=1S/C21H24N2O6/c1-13(7-20(24)28-4)22-17-11-23(21(17)25)15-10-16(29-12-15)8-14-5-6-18(26-2)19(9-14)27-3/h5-7,9-10,12,17,22H,8,11H2,1-4H3/b13-7+. The number of β-lactam (4-membered cyclic amide) rings is 1. The van der Waals surface area contributed by atoms with Crippen molar-refractivity contribution < 1.29 is 28.2 Å². The zero-order valence-corrected chi connectivity index (χ0v) is 16.9. The number of carbonyl (C=O) groups excluding carboxylic acids is 2. The Labute approximate surface area is 169 Å². The number of anilines is 1. The van der Waals surface area contributed by atoms with Crippen LogP contribution in [-0.2, 0) is 20.7 Å². The summed E-state index contributed by atoms with van der Waals surface area (Å²) in [6.07, 6.45) is 3.45. The Morgan fingerprint density at radius 2 is 2.00 bits per heavy atom. The Bertz CT molecular complexity index is 933. The van der Waals surface area contributed by atoms with E-state index in [0.717, 1.165) is 11.3 Å². The lowest BCUT2D eigenvalue weighted by Gasteiger charge is -2.38. The van der Waals surface area contributed by atoms with Crippen LogP contribution in [0.1, 0.15) is 18.2 Å². The fourth-order valence-electron chi connectivity index (χ4n) is 3.11. The van der Waals surface area contributed by atoms with E-state index in [1.165, 1.54) is 13.2 Å². The number of benzene rings is 1. The molecule has 1 fully saturated rings. The lowest BCUT2D eigenvalue weighted by atomic mass is 10.1. The van der Waals surface area contributed by atoms with Crippen molar-refractivity contribution in [1.29, 1.82) is 0 Å². The van der Waals surface area contributed by atoms with Gasteiger partial charge < -0.3 is 28.8 Å². The van der Waals surface area contributed by atoms with E-state index in [2.05, 4.69) is 10.1 Å². The molecule has 0 bridgehead atoms. The number of amides is 1. The topological polar surface area (TPSA) is 90.2 Å². The Kier molecular flexibility index (Phi) is 6.11. The molecule has 8 nitrogen and oxygen atoms in total. The minimum Gasteiger partial charge on any atom is -0.493 e. The molecule has 1 saturated heterocycles. The molecule has 1 aromatic heterocycles. The van der Waals surface area contributed by atoms with Gasteiger partial charge in [-0.1, -0.05) is 6.07 Å². The van der Waals surface area contributed by atoms with Gasteiger partial charge in [0.2, 0.25) is 0 Å². The highest BCUT2D eigenvalue weighted by Gasteiger charge is 2.38. The second kappa shape index (κ2) is 8.72. The van der Waals surface area contributed by atoms with Crippen molar-refractivity contribution in [2.24, 2.45) is 0 Å². The Morgan fingerprint density at radius 1 is 1.24 bits per heavy atom. The van der Waals surface area contributed by atoms with Gasteiger partial charge in [-0.2, -0.15) is 0 Å². The molecule has 1 aliphatic heterocycles. The number of esters is 1. The van der Waals surface area contributed by atoms with Crippen LogP contribution < -0.4 is 19.7 Å². The van der Waals surface area contributed by atoms with E-state index in [4.69, 9.17) is 13.9 Å². The number of nitrogens with zero attached hydrogens (tertiary/aromatic N) is 1. The lowest BCUT2D eigenvalue weighted by molar-refractivity contribution is -0.135. The highest BCUT2D eigenvalue weighted by Crippen LogP contribution is 2.30. The van der Waals surface area contributed by atoms with Crippen molar-refractivity contribution in [3.63, 3.8) is 0 Å². The van der Waals surface area contributed by atoms with Crippen LogP contribution in [0.25, 0.3) is 0 Å². The zero-order valence-electron chi connectivity index (χ0n) is 16.9. The number of nitrogens with one attached hydrogen (secondary N) is 1. The third-order valence-corrected chi connectivity index (χ3v) is 4.64. The first-order valence-corrected chi connectivity index (χ1v) is 9.07. The van der Waals surface area contributed by atoms with Crippen molar-refractivity contribution in [1.82, 2.24) is 5.32 Å². The first-order chi connectivity index (χ1) is 13.9. The Morgan fingerprint density at radius 3 is 2.66 bits per heavy atom. The van der Waals surface area contributed by atoms with Crippen LogP contribution in [0.3, 0.4) is 0 Å². The van der Waals surface area contributed by atoms with Gasteiger partial charge in [-0.05, 0) is 24.6 Å². The fraction of sp³-hybridized carbons (Fsp3) is 0.333. The average Bonchev–Trinajstić information content (AvgIpc) is 3.17. The number of carbonyl (C=O) groups is 2. The molecule has 1 unspecified atom stereocenters. The summed E-state index contributed by atoms with van der Waals surface area (Å²) < 4.78 is 20.8. The maximum absolute atomic E-state index is 12.4. The van der Waals surface area contributed by atoms with Crippen LogP contribution in [0.2, 0.25) is 0 Å². The van der Waals surface area contributed by atoms with Gasteiger partial charge in [0.1, 0.15) is 18.1 Å². The number of hydrogen-bond donors (Lipinski definition) is 1. The summed E-state index contributed by atoms with van der Waals surface area (Å²) in [5, 5.41) is 3.01. The summed E-state index contributed by atoms with van der Waals surface area (Å²) in [5.74, 6) is 1.50. The van der Waals surface area contributed by atoms with Crippen molar-refractivity contribution in [2.45, 2.75) is 19.4 Å². The van der Waals surface area contributed by atoms with Crippen molar-refractivity contribution in [3.8, 4) is 11.5 Å². The summed E-state index contributed by atoms with van der Waals surface area (Å²) >= 11 is 0. The highest BCUT2D eigenvalue weighted by molar-refractivity contribution is 6.04. The number of hydrogen-bond acceptors (Lipinski definition) is 7. The smallest absolute Gasteiger partial charge is 0.332 e. The molecule has 8 heteroatoms. The molecule has 1 amide bonds. The lowest BCUT2D eigenvalue weighted by Crippen LogP contribution is -2.62. The number of rotatable bonds is 8. The van der Waals surface area contributed by atoms with E-state index in [1.54, 1.807) is 32.3 Å². The number of ether oxygens (including phenoxy) is 3. The van der Waals surface area contributed by atoms with Crippen molar-refractivity contribution >= 4 is 17.6 Å². The Balaban J connectivity index is 1.61. The molecule has 3 rings (SSSR count). The maximum Gasteiger partial charge on any atom is 0.332 e. The SMILES string of the molecule is COC(=O)/C=C(\C)NC1CN(c2coc(Cc3ccc(OC)c(OC)c3)c2)C1=O. The zero-order chi connectivity index (χ0) is 21.0. The number of furan rings is 1. The van der Waals surface area contributed by atoms with E-state index in [9.17, 15) is 9.59 Å². The Hall–Kier alpha value is -3.42. The molecule has 2 heterocycles.